The van der Waals surface area contributed by atoms with Gasteiger partial charge in [0.15, 0.2) is 9.84 Å². The van der Waals surface area contributed by atoms with Gasteiger partial charge in [0.05, 0.1) is 4.91 Å². The molecule has 2 aromatic rings. The molecule has 0 aromatic heterocycles. The quantitative estimate of drug-likeness (QED) is 0.937. The SMILES string of the molecule is CS(=O)(=O)C(=C1CN(Cc2ccccc2)C1)c1cccc(O)c1. The minimum Gasteiger partial charge on any atom is -0.508 e. The first-order valence-corrected chi connectivity index (χ1v) is 9.30. The van der Waals surface area contributed by atoms with Crippen LogP contribution in [0.25, 0.3) is 4.91 Å². The van der Waals surface area contributed by atoms with Crippen LogP contribution in [0.5, 0.6) is 5.75 Å². The summed E-state index contributed by atoms with van der Waals surface area (Å²) in [6.07, 6.45) is 1.22. The van der Waals surface area contributed by atoms with Gasteiger partial charge >= 0.3 is 0 Å². The Bertz CT molecular complexity index is 834. The van der Waals surface area contributed by atoms with Crippen molar-refractivity contribution in [1.82, 2.24) is 4.90 Å². The maximum absolute atomic E-state index is 12.2. The van der Waals surface area contributed by atoms with Gasteiger partial charge in [0.1, 0.15) is 5.75 Å². The van der Waals surface area contributed by atoms with E-state index >= 15 is 0 Å². The molecule has 0 bridgehead atoms. The molecule has 0 radical (unpaired) electrons. The Hall–Kier alpha value is -2.11. The molecule has 1 saturated heterocycles. The summed E-state index contributed by atoms with van der Waals surface area (Å²) in [7, 11) is -3.35. The number of nitrogens with zero attached hydrogens (tertiary/aromatic N) is 1. The van der Waals surface area contributed by atoms with Crippen molar-refractivity contribution in [3.63, 3.8) is 0 Å². The lowest BCUT2D eigenvalue weighted by molar-refractivity contribution is 0.243. The van der Waals surface area contributed by atoms with Crippen LogP contribution in [0.15, 0.2) is 60.2 Å². The van der Waals surface area contributed by atoms with Crippen LogP contribution in [-0.4, -0.2) is 37.8 Å². The fourth-order valence-corrected chi connectivity index (χ4v) is 4.13. The summed E-state index contributed by atoms with van der Waals surface area (Å²) >= 11 is 0. The van der Waals surface area contributed by atoms with Gasteiger partial charge in [-0.2, -0.15) is 0 Å². The van der Waals surface area contributed by atoms with E-state index in [0.717, 1.165) is 12.1 Å². The van der Waals surface area contributed by atoms with Crippen LogP contribution in [0.2, 0.25) is 0 Å². The van der Waals surface area contributed by atoms with Gasteiger partial charge in [0, 0.05) is 25.9 Å². The standard InChI is InChI=1S/C18H19NO3S/c1-23(21,22)18(15-8-5-9-17(20)10-15)16-12-19(13-16)11-14-6-3-2-4-7-14/h2-10,20H,11-13H2,1H3. The van der Waals surface area contributed by atoms with E-state index in [9.17, 15) is 13.5 Å². The van der Waals surface area contributed by atoms with E-state index in [1.807, 2.05) is 18.2 Å². The monoisotopic (exact) mass is 329 g/mol. The molecule has 3 rings (SSSR count). The lowest BCUT2D eigenvalue weighted by Crippen LogP contribution is -2.40. The number of sulfone groups is 1. The first kappa shape index (κ1) is 15.8. The molecule has 0 unspecified atom stereocenters. The normalized spacial score (nSPS) is 15.3. The van der Waals surface area contributed by atoms with Gasteiger partial charge in [0.25, 0.3) is 0 Å². The number of likely N-dealkylation sites (tertiary alicyclic amines) is 1. The van der Waals surface area contributed by atoms with Gasteiger partial charge in [0.2, 0.25) is 0 Å². The molecule has 1 aliphatic rings. The third kappa shape index (κ3) is 3.63. The van der Waals surface area contributed by atoms with Crippen LogP contribution < -0.4 is 0 Å². The molecule has 23 heavy (non-hydrogen) atoms. The van der Waals surface area contributed by atoms with E-state index in [1.165, 1.54) is 24.0 Å². The van der Waals surface area contributed by atoms with Crippen molar-refractivity contribution in [3.05, 3.63) is 71.3 Å². The van der Waals surface area contributed by atoms with Crippen molar-refractivity contribution in [2.24, 2.45) is 0 Å². The lowest BCUT2D eigenvalue weighted by Gasteiger charge is -2.35. The highest BCUT2D eigenvalue weighted by molar-refractivity contribution is 8.00. The first-order chi connectivity index (χ1) is 10.9. The molecular weight excluding hydrogens is 310 g/mol. The summed E-state index contributed by atoms with van der Waals surface area (Å²) in [6.45, 7) is 2.07. The van der Waals surface area contributed by atoms with E-state index in [-0.39, 0.29) is 5.75 Å². The second-order valence-electron chi connectivity index (χ2n) is 5.89. The van der Waals surface area contributed by atoms with Gasteiger partial charge in [-0.15, -0.1) is 0 Å². The van der Waals surface area contributed by atoms with E-state index in [0.29, 0.717) is 23.6 Å². The maximum Gasteiger partial charge on any atom is 0.176 e. The molecule has 1 heterocycles. The minimum absolute atomic E-state index is 0.0738. The number of hydrogen-bond acceptors (Lipinski definition) is 4. The molecule has 1 fully saturated rings. The summed E-state index contributed by atoms with van der Waals surface area (Å²) in [5.74, 6) is 0.0738. The average molecular weight is 329 g/mol. The minimum atomic E-state index is -3.35. The van der Waals surface area contributed by atoms with Crippen LogP contribution in [0, 0.1) is 0 Å². The van der Waals surface area contributed by atoms with E-state index in [2.05, 4.69) is 17.0 Å². The zero-order valence-corrected chi connectivity index (χ0v) is 13.8. The average Bonchev–Trinajstić information content (AvgIpc) is 2.45. The molecule has 1 aliphatic heterocycles. The number of phenols is 1. The largest absolute Gasteiger partial charge is 0.508 e. The Morgan fingerprint density at radius 1 is 1.09 bits per heavy atom. The molecule has 0 aliphatic carbocycles. The smallest absolute Gasteiger partial charge is 0.176 e. The second-order valence-corrected chi connectivity index (χ2v) is 7.84. The summed E-state index contributed by atoms with van der Waals surface area (Å²) in [4.78, 5) is 2.54. The molecular formula is C18H19NO3S. The summed E-state index contributed by atoms with van der Waals surface area (Å²) in [5.41, 5.74) is 2.67. The predicted molar refractivity (Wildman–Crippen MR) is 91.6 cm³/mol. The third-order valence-electron chi connectivity index (χ3n) is 3.88. The molecule has 5 heteroatoms. The number of rotatable bonds is 4. The van der Waals surface area contributed by atoms with Crippen molar-refractivity contribution in [1.29, 1.82) is 0 Å². The van der Waals surface area contributed by atoms with Crippen LogP contribution >= 0.6 is 0 Å². The van der Waals surface area contributed by atoms with Crippen LogP contribution in [-0.2, 0) is 16.4 Å². The van der Waals surface area contributed by atoms with Crippen molar-refractivity contribution in [2.75, 3.05) is 19.3 Å². The Balaban J connectivity index is 1.84. The van der Waals surface area contributed by atoms with Gasteiger partial charge in [-0.1, -0.05) is 42.5 Å². The molecule has 0 amide bonds. The molecule has 4 nitrogen and oxygen atoms in total. The zero-order valence-electron chi connectivity index (χ0n) is 12.9. The van der Waals surface area contributed by atoms with Crippen molar-refractivity contribution < 1.29 is 13.5 Å². The fraction of sp³-hybridized carbons (Fsp3) is 0.222. The topological polar surface area (TPSA) is 57.6 Å². The van der Waals surface area contributed by atoms with Crippen LogP contribution in [0.4, 0.5) is 0 Å². The van der Waals surface area contributed by atoms with Crippen LogP contribution in [0.3, 0.4) is 0 Å². The molecule has 0 saturated carbocycles. The number of hydrogen-bond donors (Lipinski definition) is 1. The fourth-order valence-electron chi connectivity index (χ4n) is 2.92. The molecule has 1 N–H and O–H groups in total. The third-order valence-corrected chi connectivity index (χ3v) is 5.14. The maximum atomic E-state index is 12.2. The predicted octanol–water partition coefficient (Wildman–Crippen LogP) is 2.66. The van der Waals surface area contributed by atoms with E-state index in [1.54, 1.807) is 12.1 Å². The Morgan fingerprint density at radius 2 is 1.78 bits per heavy atom. The molecule has 0 spiro atoms. The second kappa shape index (κ2) is 6.18. The highest BCUT2D eigenvalue weighted by Crippen LogP contribution is 2.32. The Labute approximate surface area is 136 Å². The summed E-state index contributed by atoms with van der Waals surface area (Å²) in [5, 5.41) is 9.62. The van der Waals surface area contributed by atoms with E-state index < -0.39 is 9.84 Å². The summed E-state index contributed by atoms with van der Waals surface area (Å²) in [6, 6.07) is 16.5. The molecule has 2 aromatic carbocycles. The van der Waals surface area contributed by atoms with Crippen molar-refractivity contribution in [2.45, 2.75) is 6.54 Å². The molecule has 0 atom stereocenters. The highest BCUT2D eigenvalue weighted by Gasteiger charge is 2.28. The first-order valence-electron chi connectivity index (χ1n) is 7.41. The van der Waals surface area contributed by atoms with Gasteiger partial charge < -0.3 is 5.11 Å². The Kier molecular flexibility index (Phi) is 4.24. The lowest BCUT2D eigenvalue weighted by atomic mass is 10.0. The highest BCUT2D eigenvalue weighted by atomic mass is 32.2. The van der Waals surface area contributed by atoms with Gasteiger partial charge in [-0.3, -0.25) is 4.90 Å². The van der Waals surface area contributed by atoms with Gasteiger partial charge in [-0.05, 0) is 28.8 Å². The number of aromatic hydroxyl groups is 1. The number of phenolic OH excluding ortho intramolecular Hbond substituents is 1. The molecule has 120 valence electrons. The van der Waals surface area contributed by atoms with E-state index in [4.69, 9.17) is 0 Å². The van der Waals surface area contributed by atoms with Crippen LogP contribution in [0.1, 0.15) is 11.1 Å². The Morgan fingerprint density at radius 3 is 2.39 bits per heavy atom. The number of benzene rings is 2. The summed E-state index contributed by atoms with van der Waals surface area (Å²) < 4.78 is 24.4. The van der Waals surface area contributed by atoms with Crippen molar-refractivity contribution in [3.8, 4) is 5.75 Å². The zero-order chi connectivity index (χ0) is 16.4. The van der Waals surface area contributed by atoms with Gasteiger partial charge in [-0.25, -0.2) is 8.42 Å². The van der Waals surface area contributed by atoms with Crippen molar-refractivity contribution >= 4 is 14.7 Å².